The number of rotatable bonds is 2. The van der Waals surface area contributed by atoms with Crippen LogP contribution in [0, 0.1) is 0 Å². The van der Waals surface area contributed by atoms with Crippen LogP contribution in [0.2, 0.25) is 0 Å². The van der Waals surface area contributed by atoms with E-state index in [9.17, 15) is 0 Å². The van der Waals surface area contributed by atoms with Crippen molar-refractivity contribution in [1.82, 2.24) is 15.2 Å². The fraction of sp³-hybridized carbons (Fsp3) is 0.250. The SMILES string of the molecule is Nc1n[nH]c2nc(N3CCCC3)cc(-c3ccccc3)c12. The maximum atomic E-state index is 6.02. The molecule has 106 valence electrons. The molecule has 3 heterocycles. The molecule has 1 aromatic carbocycles. The number of aromatic nitrogens is 3. The molecule has 1 fully saturated rings. The molecule has 0 spiro atoms. The van der Waals surface area contributed by atoms with E-state index in [0.717, 1.165) is 41.1 Å². The molecule has 5 nitrogen and oxygen atoms in total. The van der Waals surface area contributed by atoms with Gasteiger partial charge in [0, 0.05) is 18.7 Å². The molecule has 0 radical (unpaired) electrons. The Morgan fingerprint density at radius 2 is 1.86 bits per heavy atom. The van der Waals surface area contributed by atoms with Crippen LogP contribution in [-0.2, 0) is 0 Å². The van der Waals surface area contributed by atoms with Crippen LogP contribution < -0.4 is 10.6 Å². The van der Waals surface area contributed by atoms with Gasteiger partial charge in [-0.15, -0.1) is 0 Å². The van der Waals surface area contributed by atoms with E-state index in [2.05, 4.69) is 33.3 Å². The molecule has 1 aliphatic rings. The van der Waals surface area contributed by atoms with Crippen LogP contribution in [0.1, 0.15) is 12.8 Å². The predicted molar refractivity (Wildman–Crippen MR) is 85.2 cm³/mol. The summed E-state index contributed by atoms with van der Waals surface area (Å²) in [5, 5.41) is 7.98. The maximum absolute atomic E-state index is 6.02. The highest BCUT2D eigenvalue weighted by molar-refractivity contribution is 6.01. The molecule has 0 saturated carbocycles. The van der Waals surface area contributed by atoms with Gasteiger partial charge in [0.2, 0.25) is 0 Å². The largest absolute Gasteiger partial charge is 0.382 e. The molecule has 3 aromatic rings. The molecule has 4 rings (SSSR count). The summed E-state index contributed by atoms with van der Waals surface area (Å²) in [7, 11) is 0. The van der Waals surface area contributed by atoms with Gasteiger partial charge in [0.1, 0.15) is 5.82 Å². The zero-order valence-electron chi connectivity index (χ0n) is 11.7. The highest BCUT2D eigenvalue weighted by Crippen LogP contribution is 2.34. The zero-order valence-corrected chi connectivity index (χ0v) is 11.7. The summed E-state index contributed by atoms with van der Waals surface area (Å²) >= 11 is 0. The number of H-pyrrole nitrogens is 1. The van der Waals surface area contributed by atoms with Gasteiger partial charge in [-0.3, -0.25) is 5.10 Å². The van der Waals surface area contributed by atoms with Crippen LogP contribution >= 0.6 is 0 Å². The first-order valence-electron chi connectivity index (χ1n) is 7.28. The average Bonchev–Trinajstić information content (AvgIpc) is 3.18. The summed E-state index contributed by atoms with van der Waals surface area (Å²) in [6, 6.07) is 12.4. The topological polar surface area (TPSA) is 70.8 Å². The second kappa shape index (κ2) is 4.77. The number of nitrogens with two attached hydrogens (primary N) is 1. The van der Waals surface area contributed by atoms with E-state index >= 15 is 0 Å². The van der Waals surface area contributed by atoms with Gasteiger partial charge in [0.15, 0.2) is 11.5 Å². The van der Waals surface area contributed by atoms with E-state index in [0.29, 0.717) is 5.82 Å². The first-order chi connectivity index (χ1) is 10.3. The fourth-order valence-corrected chi connectivity index (χ4v) is 2.99. The summed E-state index contributed by atoms with van der Waals surface area (Å²) < 4.78 is 0. The van der Waals surface area contributed by atoms with E-state index in [1.165, 1.54) is 12.8 Å². The summed E-state index contributed by atoms with van der Waals surface area (Å²) in [6.45, 7) is 2.13. The quantitative estimate of drug-likeness (QED) is 0.756. The van der Waals surface area contributed by atoms with Crippen LogP contribution in [0.3, 0.4) is 0 Å². The van der Waals surface area contributed by atoms with Crippen molar-refractivity contribution >= 4 is 22.7 Å². The van der Waals surface area contributed by atoms with Crippen LogP contribution in [0.15, 0.2) is 36.4 Å². The van der Waals surface area contributed by atoms with Crippen LogP contribution in [-0.4, -0.2) is 28.3 Å². The number of hydrogen-bond donors (Lipinski definition) is 2. The van der Waals surface area contributed by atoms with Crippen molar-refractivity contribution in [3.8, 4) is 11.1 Å². The molecule has 0 bridgehead atoms. The van der Waals surface area contributed by atoms with Crippen molar-refractivity contribution in [3.63, 3.8) is 0 Å². The van der Waals surface area contributed by atoms with Gasteiger partial charge in [0.05, 0.1) is 5.39 Å². The molecule has 21 heavy (non-hydrogen) atoms. The van der Waals surface area contributed by atoms with Gasteiger partial charge in [-0.1, -0.05) is 30.3 Å². The minimum absolute atomic E-state index is 0.504. The molecule has 2 aromatic heterocycles. The number of nitrogens with one attached hydrogen (secondary N) is 1. The fourth-order valence-electron chi connectivity index (χ4n) is 2.99. The molecule has 3 N–H and O–H groups in total. The number of nitrogen functional groups attached to an aromatic ring is 1. The summed E-state index contributed by atoms with van der Waals surface area (Å²) in [5.74, 6) is 1.51. The highest BCUT2D eigenvalue weighted by Gasteiger charge is 2.18. The molecule has 5 heteroatoms. The van der Waals surface area contributed by atoms with Crippen molar-refractivity contribution in [2.45, 2.75) is 12.8 Å². The van der Waals surface area contributed by atoms with Crippen molar-refractivity contribution < 1.29 is 0 Å². The normalized spacial score (nSPS) is 15.0. The number of benzene rings is 1. The first-order valence-corrected chi connectivity index (χ1v) is 7.28. The molecule has 0 atom stereocenters. The van der Waals surface area contributed by atoms with E-state index < -0.39 is 0 Å². The smallest absolute Gasteiger partial charge is 0.160 e. The van der Waals surface area contributed by atoms with Crippen molar-refractivity contribution in [3.05, 3.63) is 36.4 Å². The van der Waals surface area contributed by atoms with Gasteiger partial charge in [0.25, 0.3) is 0 Å². The summed E-state index contributed by atoms with van der Waals surface area (Å²) in [5.41, 5.74) is 9.01. The maximum Gasteiger partial charge on any atom is 0.160 e. The van der Waals surface area contributed by atoms with Crippen molar-refractivity contribution in [1.29, 1.82) is 0 Å². The van der Waals surface area contributed by atoms with Crippen LogP contribution in [0.5, 0.6) is 0 Å². The first kappa shape index (κ1) is 12.2. The number of pyridine rings is 1. The summed E-state index contributed by atoms with van der Waals surface area (Å²) in [4.78, 5) is 7.01. The number of aromatic amines is 1. The molecular formula is C16H17N5. The third-order valence-electron chi connectivity index (χ3n) is 4.06. The van der Waals surface area contributed by atoms with Crippen molar-refractivity contribution in [2.75, 3.05) is 23.7 Å². The average molecular weight is 279 g/mol. The Labute approximate surface area is 122 Å². The van der Waals surface area contributed by atoms with Gasteiger partial charge >= 0.3 is 0 Å². The van der Waals surface area contributed by atoms with Gasteiger partial charge in [-0.2, -0.15) is 5.10 Å². The Hall–Kier alpha value is -2.56. The Morgan fingerprint density at radius 1 is 1.10 bits per heavy atom. The molecule has 1 saturated heterocycles. The molecule has 0 aliphatic carbocycles. The number of nitrogens with zero attached hydrogens (tertiary/aromatic N) is 3. The lowest BCUT2D eigenvalue weighted by molar-refractivity contribution is 0.940. The Morgan fingerprint density at radius 3 is 2.62 bits per heavy atom. The Bertz CT molecular complexity index is 772. The lowest BCUT2D eigenvalue weighted by Gasteiger charge is -2.17. The van der Waals surface area contributed by atoms with E-state index in [1.54, 1.807) is 0 Å². The second-order valence-electron chi connectivity index (χ2n) is 5.42. The Kier molecular flexibility index (Phi) is 2.77. The standard InChI is InChI=1S/C16H17N5/c17-15-14-12(11-6-2-1-3-7-11)10-13(18-16(14)20-19-15)21-8-4-5-9-21/h1-3,6-7,10H,4-5,8-9H2,(H3,17,18,19,20). The molecular weight excluding hydrogens is 262 g/mol. The highest BCUT2D eigenvalue weighted by atomic mass is 15.2. The minimum atomic E-state index is 0.504. The molecule has 0 amide bonds. The Balaban J connectivity index is 1.95. The van der Waals surface area contributed by atoms with Crippen molar-refractivity contribution in [2.24, 2.45) is 0 Å². The van der Waals surface area contributed by atoms with Crippen LogP contribution in [0.4, 0.5) is 11.6 Å². The molecule has 0 unspecified atom stereocenters. The molecule has 1 aliphatic heterocycles. The zero-order chi connectivity index (χ0) is 14.2. The second-order valence-corrected chi connectivity index (χ2v) is 5.42. The monoisotopic (exact) mass is 279 g/mol. The third kappa shape index (κ3) is 2.01. The number of anilines is 2. The van der Waals surface area contributed by atoms with E-state index in [1.807, 2.05) is 18.2 Å². The van der Waals surface area contributed by atoms with Crippen LogP contribution in [0.25, 0.3) is 22.2 Å². The summed E-state index contributed by atoms with van der Waals surface area (Å²) in [6.07, 6.45) is 2.46. The number of hydrogen-bond acceptors (Lipinski definition) is 4. The van der Waals surface area contributed by atoms with E-state index in [4.69, 9.17) is 10.7 Å². The lowest BCUT2D eigenvalue weighted by Crippen LogP contribution is -2.19. The lowest BCUT2D eigenvalue weighted by atomic mass is 10.0. The van der Waals surface area contributed by atoms with E-state index in [-0.39, 0.29) is 0 Å². The van der Waals surface area contributed by atoms with Gasteiger partial charge < -0.3 is 10.6 Å². The third-order valence-corrected chi connectivity index (χ3v) is 4.06. The predicted octanol–water partition coefficient (Wildman–Crippen LogP) is 2.81. The van der Waals surface area contributed by atoms with Gasteiger partial charge in [-0.05, 0) is 24.5 Å². The van der Waals surface area contributed by atoms with Gasteiger partial charge in [-0.25, -0.2) is 4.98 Å². The minimum Gasteiger partial charge on any atom is -0.382 e. The number of fused-ring (bicyclic) bond motifs is 1.